The van der Waals surface area contributed by atoms with Crippen LogP contribution in [0.3, 0.4) is 0 Å². The van der Waals surface area contributed by atoms with Gasteiger partial charge in [-0.2, -0.15) is 0 Å². The van der Waals surface area contributed by atoms with Gasteiger partial charge in [0.2, 0.25) is 5.91 Å². The molecule has 3 atom stereocenters. The topological polar surface area (TPSA) is 66.4 Å². The Labute approximate surface area is 97.4 Å². The summed E-state index contributed by atoms with van der Waals surface area (Å²) >= 11 is 0. The Hall–Kier alpha value is -0.900. The van der Waals surface area contributed by atoms with Gasteiger partial charge in [0, 0.05) is 18.9 Å². The molecule has 2 N–H and O–H groups in total. The first-order valence-corrected chi connectivity index (χ1v) is 5.89. The summed E-state index contributed by atoms with van der Waals surface area (Å²) in [7, 11) is 0. The molecule has 0 aromatic rings. The van der Waals surface area contributed by atoms with Crippen LogP contribution in [0.25, 0.3) is 0 Å². The molecule has 0 saturated carbocycles. The molecular weight excluding hydrogens is 206 g/mol. The minimum Gasteiger partial charge on any atom is -0.392 e. The lowest BCUT2D eigenvalue weighted by Gasteiger charge is -2.24. The number of aliphatic hydroxyl groups excluding tert-OH is 1. The van der Waals surface area contributed by atoms with Gasteiger partial charge in [-0.15, -0.1) is 0 Å². The van der Waals surface area contributed by atoms with E-state index in [2.05, 4.69) is 5.32 Å². The van der Waals surface area contributed by atoms with Crippen LogP contribution in [0.1, 0.15) is 40.5 Å². The molecule has 0 bridgehead atoms. The minimum absolute atomic E-state index is 0.0160. The van der Waals surface area contributed by atoms with Gasteiger partial charge in [-0.3, -0.25) is 9.59 Å². The highest BCUT2D eigenvalue weighted by molar-refractivity contribution is 5.79. The van der Waals surface area contributed by atoms with Gasteiger partial charge in [0.1, 0.15) is 5.78 Å². The van der Waals surface area contributed by atoms with Crippen molar-refractivity contribution in [1.29, 1.82) is 0 Å². The fraction of sp³-hybridized carbons (Fsp3) is 0.833. The van der Waals surface area contributed by atoms with Crippen molar-refractivity contribution in [1.82, 2.24) is 5.32 Å². The Morgan fingerprint density at radius 1 is 1.31 bits per heavy atom. The summed E-state index contributed by atoms with van der Waals surface area (Å²) in [6.45, 7) is 7.59. The Bertz CT molecular complexity index is 240. The molecule has 0 fully saturated rings. The molecule has 1 amide bonds. The third-order valence-corrected chi connectivity index (χ3v) is 2.84. The molecule has 0 aromatic carbocycles. The number of hydrogen-bond acceptors (Lipinski definition) is 3. The Balaban J connectivity index is 4.30. The van der Waals surface area contributed by atoms with Gasteiger partial charge >= 0.3 is 0 Å². The second-order valence-electron chi connectivity index (χ2n) is 4.25. The lowest BCUT2D eigenvalue weighted by atomic mass is 9.86. The first-order valence-electron chi connectivity index (χ1n) is 5.89. The first-order chi connectivity index (χ1) is 7.43. The number of carbonyl (C=O) groups excluding carboxylic acids is 2. The van der Waals surface area contributed by atoms with Crippen LogP contribution in [0.2, 0.25) is 0 Å². The molecule has 94 valence electrons. The van der Waals surface area contributed by atoms with E-state index in [-0.39, 0.29) is 29.9 Å². The molecule has 1 unspecified atom stereocenters. The zero-order chi connectivity index (χ0) is 12.7. The molecule has 0 spiro atoms. The third-order valence-electron chi connectivity index (χ3n) is 2.84. The number of aliphatic hydroxyl groups is 1. The smallest absolute Gasteiger partial charge is 0.220 e. The zero-order valence-corrected chi connectivity index (χ0v) is 10.6. The molecule has 0 aliphatic carbocycles. The van der Waals surface area contributed by atoms with Gasteiger partial charge in [-0.05, 0) is 26.2 Å². The van der Waals surface area contributed by atoms with E-state index >= 15 is 0 Å². The summed E-state index contributed by atoms with van der Waals surface area (Å²) in [5.41, 5.74) is 0. The molecule has 0 heterocycles. The lowest BCUT2D eigenvalue weighted by molar-refractivity contribution is -0.128. The maximum Gasteiger partial charge on any atom is 0.220 e. The highest BCUT2D eigenvalue weighted by Gasteiger charge is 2.27. The van der Waals surface area contributed by atoms with Crippen molar-refractivity contribution < 1.29 is 14.7 Å². The van der Waals surface area contributed by atoms with Crippen molar-refractivity contribution in [2.24, 2.45) is 11.8 Å². The van der Waals surface area contributed by atoms with E-state index in [4.69, 9.17) is 0 Å². The normalized spacial score (nSPS) is 16.3. The van der Waals surface area contributed by atoms with E-state index < -0.39 is 6.10 Å². The van der Waals surface area contributed by atoms with Crippen LogP contribution < -0.4 is 5.32 Å². The van der Waals surface area contributed by atoms with Crippen LogP contribution in [-0.2, 0) is 9.59 Å². The Morgan fingerprint density at radius 3 is 2.25 bits per heavy atom. The maximum atomic E-state index is 11.3. The Kier molecular flexibility index (Phi) is 6.97. The largest absolute Gasteiger partial charge is 0.392 e. The van der Waals surface area contributed by atoms with Crippen LogP contribution in [0, 0.1) is 11.8 Å². The van der Waals surface area contributed by atoms with Crippen molar-refractivity contribution in [3.05, 3.63) is 0 Å². The number of hydrogen-bond donors (Lipinski definition) is 2. The fourth-order valence-electron chi connectivity index (χ4n) is 1.85. The molecule has 0 aliphatic heterocycles. The molecule has 0 rings (SSSR count). The highest BCUT2D eigenvalue weighted by Crippen LogP contribution is 2.20. The number of nitrogens with one attached hydrogen (secondary N) is 1. The van der Waals surface area contributed by atoms with Gasteiger partial charge in [-0.1, -0.05) is 13.8 Å². The average Bonchev–Trinajstić information content (AvgIpc) is 2.18. The van der Waals surface area contributed by atoms with Gasteiger partial charge in [0.25, 0.3) is 0 Å². The number of Topliss-reactive ketones (excluding diaryl/α,β-unsaturated/α-hetero) is 1. The van der Waals surface area contributed by atoms with Crippen LogP contribution in [0.4, 0.5) is 0 Å². The van der Waals surface area contributed by atoms with Crippen molar-refractivity contribution in [3.63, 3.8) is 0 Å². The van der Waals surface area contributed by atoms with Gasteiger partial charge in [-0.25, -0.2) is 0 Å². The molecule has 4 nitrogen and oxygen atoms in total. The van der Waals surface area contributed by atoms with Crippen molar-refractivity contribution in [2.45, 2.75) is 46.6 Å². The van der Waals surface area contributed by atoms with Crippen LogP contribution >= 0.6 is 0 Å². The maximum absolute atomic E-state index is 11.3. The van der Waals surface area contributed by atoms with Crippen molar-refractivity contribution in [2.75, 3.05) is 6.54 Å². The summed E-state index contributed by atoms with van der Waals surface area (Å²) in [5, 5.41) is 12.6. The summed E-state index contributed by atoms with van der Waals surface area (Å²) in [5.74, 6) is -0.643. The quantitative estimate of drug-likeness (QED) is 0.687. The van der Waals surface area contributed by atoms with E-state index in [0.717, 1.165) is 0 Å². The molecule has 4 heteroatoms. The summed E-state index contributed by atoms with van der Waals surface area (Å²) in [4.78, 5) is 22.6. The van der Waals surface area contributed by atoms with E-state index in [9.17, 15) is 14.7 Å². The van der Waals surface area contributed by atoms with Gasteiger partial charge < -0.3 is 10.4 Å². The van der Waals surface area contributed by atoms with E-state index in [1.54, 1.807) is 6.92 Å². The van der Waals surface area contributed by atoms with E-state index in [1.807, 2.05) is 13.8 Å². The minimum atomic E-state index is -0.731. The molecular formula is C12H23NO3. The predicted octanol–water partition coefficient (Wildman–Crippen LogP) is 1.12. The second-order valence-corrected chi connectivity index (χ2v) is 4.25. The highest BCUT2D eigenvalue weighted by atomic mass is 16.3. The first kappa shape index (κ1) is 15.1. The lowest BCUT2D eigenvalue weighted by Crippen LogP contribution is -2.35. The monoisotopic (exact) mass is 229 g/mol. The summed E-state index contributed by atoms with van der Waals surface area (Å²) in [6.07, 6.45) is 0.139. The van der Waals surface area contributed by atoms with Crippen LogP contribution in [-0.4, -0.2) is 29.4 Å². The summed E-state index contributed by atoms with van der Waals surface area (Å²) < 4.78 is 0. The van der Waals surface area contributed by atoms with Crippen LogP contribution in [0.5, 0.6) is 0 Å². The number of ketones is 1. The van der Waals surface area contributed by atoms with E-state index in [1.165, 1.54) is 6.92 Å². The van der Waals surface area contributed by atoms with Crippen LogP contribution in [0.15, 0.2) is 0 Å². The van der Waals surface area contributed by atoms with E-state index in [0.29, 0.717) is 13.0 Å². The SMILES string of the molecule is CCNC(=O)C[C@@H](C)C(O)[C@H](CC)C(C)=O. The molecule has 16 heavy (non-hydrogen) atoms. The summed E-state index contributed by atoms with van der Waals surface area (Å²) in [6, 6.07) is 0. The van der Waals surface area contributed by atoms with Gasteiger partial charge in [0.05, 0.1) is 6.10 Å². The number of amides is 1. The standard InChI is InChI=1S/C12H23NO3/c1-5-10(9(4)14)12(16)8(3)7-11(15)13-6-2/h8,10,12,16H,5-7H2,1-4H3,(H,13,15)/t8-,10-,12?/m1/s1. The Morgan fingerprint density at radius 2 is 1.88 bits per heavy atom. The predicted molar refractivity (Wildman–Crippen MR) is 62.9 cm³/mol. The fourth-order valence-corrected chi connectivity index (χ4v) is 1.85. The molecule has 0 saturated heterocycles. The zero-order valence-electron chi connectivity index (χ0n) is 10.6. The molecule has 0 aromatic heterocycles. The average molecular weight is 229 g/mol. The second kappa shape index (κ2) is 7.39. The number of rotatable bonds is 7. The van der Waals surface area contributed by atoms with Gasteiger partial charge in [0.15, 0.2) is 0 Å². The molecule has 0 radical (unpaired) electrons. The van der Waals surface area contributed by atoms with Crippen molar-refractivity contribution >= 4 is 11.7 Å². The van der Waals surface area contributed by atoms with Crippen molar-refractivity contribution in [3.8, 4) is 0 Å². The molecule has 0 aliphatic rings. The third kappa shape index (κ3) is 4.75. The number of carbonyl (C=O) groups is 2.